The van der Waals surface area contributed by atoms with Crippen LogP contribution in [0.2, 0.25) is 0 Å². The molecule has 0 unspecified atom stereocenters. The van der Waals surface area contributed by atoms with Gasteiger partial charge in [-0.1, -0.05) is 24.4 Å². The summed E-state index contributed by atoms with van der Waals surface area (Å²) < 4.78 is 5.72. The van der Waals surface area contributed by atoms with Gasteiger partial charge in [0.2, 0.25) is 17.5 Å². The van der Waals surface area contributed by atoms with E-state index in [2.05, 4.69) is 9.68 Å². The number of nitrogens with two attached hydrogens (primary N) is 1. The van der Waals surface area contributed by atoms with Crippen molar-refractivity contribution in [1.82, 2.24) is 14.6 Å². The van der Waals surface area contributed by atoms with Gasteiger partial charge in [-0.25, -0.2) is 4.79 Å². The number of hydrogen-bond donors (Lipinski definition) is 1. The Morgan fingerprint density at radius 3 is 2.50 bits per heavy atom. The van der Waals surface area contributed by atoms with Crippen molar-refractivity contribution in [2.45, 2.75) is 45.1 Å². The van der Waals surface area contributed by atoms with Crippen LogP contribution in [0.1, 0.15) is 49.1 Å². The number of carbonyl (C=O) groups is 3. The highest BCUT2D eigenvalue weighted by molar-refractivity contribution is 6.11. The lowest BCUT2D eigenvalue weighted by molar-refractivity contribution is -0.129. The third kappa shape index (κ3) is 4.87. The highest BCUT2D eigenvalue weighted by Crippen LogP contribution is 2.28. The molecule has 1 heterocycles. The average Bonchev–Trinajstić information content (AvgIpc) is 2.98. The van der Waals surface area contributed by atoms with Gasteiger partial charge < -0.3 is 10.6 Å². The number of carbonyl (C=O) groups excluding carboxylic acids is 3. The molecule has 0 aliphatic heterocycles. The Hall–Kier alpha value is -2.29. The van der Waals surface area contributed by atoms with Gasteiger partial charge >= 0.3 is 5.76 Å². The molecule has 9 nitrogen and oxygen atoms in total. The number of rotatable bonds is 9. The highest BCUT2D eigenvalue weighted by Gasteiger charge is 2.37. The number of hydrogen-bond acceptors (Lipinski definition) is 7. The zero-order valence-corrected chi connectivity index (χ0v) is 15.3. The Labute approximate surface area is 151 Å². The van der Waals surface area contributed by atoms with Crippen LogP contribution in [-0.2, 0) is 16.1 Å². The van der Waals surface area contributed by atoms with Crippen LogP contribution in [-0.4, -0.2) is 52.7 Å². The molecule has 2 N–H and O–H groups in total. The van der Waals surface area contributed by atoms with Gasteiger partial charge in [-0.05, 0) is 26.9 Å². The van der Waals surface area contributed by atoms with E-state index in [-0.39, 0.29) is 30.5 Å². The van der Waals surface area contributed by atoms with Crippen LogP contribution < -0.4 is 11.5 Å². The maximum atomic E-state index is 12.9. The lowest BCUT2D eigenvalue weighted by atomic mass is 9.79. The smallest absolute Gasteiger partial charge is 0.370 e. The molecule has 1 amide bonds. The van der Waals surface area contributed by atoms with Gasteiger partial charge in [0.05, 0.1) is 5.92 Å². The van der Waals surface area contributed by atoms with Crippen LogP contribution >= 0.6 is 0 Å². The number of likely N-dealkylation sites (N-methyl/N-ethyl adjacent to an activating group) is 1. The molecule has 144 valence electrons. The number of ketones is 2. The molecule has 0 bridgehead atoms. The number of amides is 1. The first-order valence-corrected chi connectivity index (χ1v) is 8.88. The molecule has 2 rings (SSSR count). The predicted octanol–water partition coefficient (Wildman–Crippen LogP) is 0.222. The van der Waals surface area contributed by atoms with Crippen molar-refractivity contribution in [1.29, 1.82) is 0 Å². The van der Waals surface area contributed by atoms with E-state index in [0.29, 0.717) is 19.4 Å². The third-order valence-corrected chi connectivity index (χ3v) is 4.75. The van der Waals surface area contributed by atoms with Gasteiger partial charge in [0.1, 0.15) is 5.78 Å². The van der Waals surface area contributed by atoms with Gasteiger partial charge in [0.15, 0.2) is 0 Å². The number of Topliss-reactive ketones (excluding diaryl/α,β-unsaturated/α-hetero) is 2. The molecule has 9 heteroatoms. The SMILES string of the molecule is CN(C)CCn1c(C(=O)[C@@H](CC(N)=O)C(=O)C2CCCCC2)noc1=O. The standard InChI is InChI=1S/C17H26N4O5/c1-20(2)8-9-21-16(19-26-17(21)25)15(24)12(10-13(18)22)14(23)11-6-4-3-5-7-11/h11-12H,3-10H2,1-2H3,(H2,18,22)/t12-/m0/s1. The fourth-order valence-corrected chi connectivity index (χ4v) is 3.29. The summed E-state index contributed by atoms with van der Waals surface area (Å²) in [6.45, 7) is 0.676. The second kappa shape index (κ2) is 8.88. The number of nitrogens with zero attached hydrogens (tertiary/aromatic N) is 3. The summed E-state index contributed by atoms with van der Waals surface area (Å²) in [5.41, 5.74) is 5.26. The second-order valence-corrected chi connectivity index (χ2v) is 7.05. The van der Waals surface area contributed by atoms with E-state index in [4.69, 9.17) is 5.73 Å². The summed E-state index contributed by atoms with van der Waals surface area (Å²) in [5, 5.41) is 3.55. The largest absolute Gasteiger partial charge is 0.441 e. The van der Waals surface area contributed by atoms with Crippen LogP contribution in [0.5, 0.6) is 0 Å². The minimum Gasteiger partial charge on any atom is -0.370 e. The van der Waals surface area contributed by atoms with Crippen molar-refractivity contribution in [2.24, 2.45) is 17.6 Å². The quantitative estimate of drug-likeness (QED) is 0.489. The van der Waals surface area contributed by atoms with Crippen molar-refractivity contribution in [3.05, 3.63) is 16.4 Å². The molecular weight excluding hydrogens is 340 g/mol. The van der Waals surface area contributed by atoms with Crippen molar-refractivity contribution < 1.29 is 18.9 Å². The predicted molar refractivity (Wildman–Crippen MR) is 92.5 cm³/mol. The fourth-order valence-electron chi connectivity index (χ4n) is 3.29. The van der Waals surface area contributed by atoms with E-state index >= 15 is 0 Å². The molecular formula is C17H26N4O5. The van der Waals surface area contributed by atoms with Crippen molar-refractivity contribution in [2.75, 3.05) is 20.6 Å². The zero-order valence-electron chi connectivity index (χ0n) is 15.3. The monoisotopic (exact) mass is 366 g/mol. The van der Waals surface area contributed by atoms with Gasteiger partial charge in [0.25, 0.3) is 0 Å². The Kier molecular flexibility index (Phi) is 6.84. The Balaban J connectivity index is 2.27. The van der Waals surface area contributed by atoms with Crippen molar-refractivity contribution in [3.8, 4) is 0 Å². The molecule has 0 aromatic carbocycles. The molecule has 1 aromatic heterocycles. The van der Waals surface area contributed by atoms with E-state index in [1.807, 2.05) is 19.0 Å². The lowest BCUT2D eigenvalue weighted by Crippen LogP contribution is -2.36. The molecule has 1 aliphatic rings. The molecule has 26 heavy (non-hydrogen) atoms. The van der Waals surface area contributed by atoms with Crippen molar-refractivity contribution >= 4 is 17.5 Å². The zero-order chi connectivity index (χ0) is 19.3. The fraction of sp³-hybridized carbons (Fsp3) is 0.706. The minimum absolute atomic E-state index is 0.192. The molecule has 0 saturated heterocycles. The maximum absolute atomic E-state index is 12.9. The van der Waals surface area contributed by atoms with Gasteiger partial charge in [0, 0.05) is 25.4 Å². The van der Waals surface area contributed by atoms with Gasteiger partial charge in [-0.3, -0.25) is 23.5 Å². The van der Waals surface area contributed by atoms with E-state index in [0.717, 1.165) is 23.8 Å². The summed E-state index contributed by atoms with van der Waals surface area (Å²) >= 11 is 0. The number of aromatic nitrogens is 2. The lowest BCUT2D eigenvalue weighted by Gasteiger charge is -2.24. The Morgan fingerprint density at radius 2 is 1.92 bits per heavy atom. The summed E-state index contributed by atoms with van der Waals surface area (Å²) in [4.78, 5) is 50.9. The molecule has 1 fully saturated rings. The first kappa shape index (κ1) is 20.0. The summed E-state index contributed by atoms with van der Waals surface area (Å²) in [6, 6.07) is 0. The molecule has 1 aromatic rings. The van der Waals surface area contributed by atoms with Crippen LogP contribution in [0.4, 0.5) is 0 Å². The maximum Gasteiger partial charge on any atom is 0.441 e. The summed E-state index contributed by atoms with van der Waals surface area (Å²) in [5.74, 6) is -4.17. The first-order chi connectivity index (χ1) is 12.3. The van der Waals surface area contributed by atoms with Crippen molar-refractivity contribution in [3.63, 3.8) is 0 Å². The number of primary amides is 1. The third-order valence-electron chi connectivity index (χ3n) is 4.75. The summed E-state index contributed by atoms with van der Waals surface area (Å²) in [6.07, 6.45) is 3.92. The molecule has 1 aliphatic carbocycles. The average molecular weight is 366 g/mol. The Bertz CT molecular complexity index is 715. The van der Waals surface area contributed by atoms with E-state index in [9.17, 15) is 19.2 Å². The van der Waals surface area contributed by atoms with Crippen LogP contribution in [0, 0.1) is 11.8 Å². The van der Waals surface area contributed by atoms with Crippen LogP contribution in [0.15, 0.2) is 9.32 Å². The molecule has 1 saturated carbocycles. The normalized spacial score (nSPS) is 16.6. The van der Waals surface area contributed by atoms with E-state index in [1.54, 1.807) is 0 Å². The minimum atomic E-state index is -1.22. The second-order valence-electron chi connectivity index (χ2n) is 7.05. The topological polar surface area (TPSA) is 128 Å². The van der Waals surface area contributed by atoms with Gasteiger partial charge in [-0.2, -0.15) is 0 Å². The van der Waals surface area contributed by atoms with E-state index < -0.39 is 23.4 Å². The molecule has 1 atom stereocenters. The van der Waals surface area contributed by atoms with E-state index in [1.165, 1.54) is 0 Å². The highest BCUT2D eigenvalue weighted by atomic mass is 16.5. The first-order valence-electron chi connectivity index (χ1n) is 8.88. The Morgan fingerprint density at radius 1 is 1.27 bits per heavy atom. The van der Waals surface area contributed by atoms with Gasteiger partial charge in [-0.15, -0.1) is 0 Å². The molecule has 0 radical (unpaired) electrons. The molecule has 0 spiro atoms. The van der Waals surface area contributed by atoms with Crippen LogP contribution in [0.25, 0.3) is 0 Å². The summed E-state index contributed by atoms with van der Waals surface area (Å²) in [7, 11) is 3.64. The van der Waals surface area contributed by atoms with Crippen LogP contribution in [0.3, 0.4) is 0 Å².